The van der Waals surface area contributed by atoms with Gasteiger partial charge < -0.3 is 14.2 Å². The van der Waals surface area contributed by atoms with Gasteiger partial charge in [-0.25, -0.2) is 4.98 Å². The van der Waals surface area contributed by atoms with E-state index in [0.717, 1.165) is 42.8 Å². The largest absolute Gasteiger partial charge is 0.496 e. The van der Waals surface area contributed by atoms with Gasteiger partial charge in [-0.2, -0.15) is 0 Å². The Bertz CT molecular complexity index is 714. The predicted octanol–water partition coefficient (Wildman–Crippen LogP) is 3.16. The molecule has 0 bridgehead atoms. The van der Waals surface area contributed by atoms with E-state index in [1.807, 2.05) is 48.6 Å². The van der Waals surface area contributed by atoms with Crippen LogP contribution in [0.2, 0.25) is 0 Å². The van der Waals surface area contributed by atoms with Crippen LogP contribution < -0.4 is 4.74 Å². The molecule has 0 spiro atoms. The van der Waals surface area contributed by atoms with Crippen LogP contribution in [-0.2, 0) is 4.79 Å². The third-order valence-corrected chi connectivity index (χ3v) is 4.59. The molecular formula is C19H23N3O2. The quantitative estimate of drug-likeness (QED) is 0.811. The maximum atomic E-state index is 12.6. The molecule has 0 unspecified atom stereocenters. The van der Waals surface area contributed by atoms with Crippen LogP contribution in [0, 0.1) is 0 Å². The molecule has 1 fully saturated rings. The number of allylic oxidation sites excluding steroid dienone is 1. The number of likely N-dealkylation sites (tertiary alicyclic amines) is 1. The highest BCUT2D eigenvalue weighted by Crippen LogP contribution is 2.26. The number of hydrogen-bond donors (Lipinski definition) is 0. The first-order valence-corrected chi connectivity index (χ1v) is 8.27. The fourth-order valence-electron chi connectivity index (χ4n) is 3.19. The van der Waals surface area contributed by atoms with Crippen molar-refractivity contribution < 1.29 is 9.53 Å². The molecule has 0 N–H and O–H groups in total. The van der Waals surface area contributed by atoms with Gasteiger partial charge in [-0.05, 0) is 31.4 Å². The minimum atomic E-state index is 0.0717. The number of methoxy groups -OCH3 is 1. The first-order chi connectivity index (χ1) is 11.7. The van der Waals surface area contributed by atoms with E-state index in [1.165, 1.54) is 0 Å². The molecular weight excluding hydrogens is 302 g/mol. The fourth-order valence-corrected chi connectivity index (χ4v) is 3.19. The zero-order chi connectivity index (χ0) is 16.9. The molecule has 2 heterocycles. The van der Waals surface area contributed by atoms with Gasteiger partial charge in [0.15, 0.2) is 0 Å². The number of piperidine rings is 1. The molecule has 24 heavy (non-hydrogen) atoms. The van der Waals surface area contributed by atoms with Gasteiger partial charge in [0.2, 0.25) is 5.91 Å². The topological polar surface area (TPSA) is 47.4 Å². The highest BCUT2D eigenvalue weighted by Gasteiger charge is 2.22. The van der Waals surface area contributed by atoms with Gasteiger partial charge in [-0.1, -0.05) is 18.2 Å². The second kappa shape index (κ2) is 7.34. The van der Waals surface area contributed by atoms with Crippen LogP contribution in [0.25, 0.3) is 5.57 Å². The number of ether oxygens (including phenoxy) is 1. The molecule has 0 aliphatic carbocycles. The second-order valence-electron chi connectivity index (χ2n) is 6.09. The summed E-state index contributed by atoms with van der Waals surface area (Å²) in [5.41, 5.74) is 1.89. The van der Waals surface area contributed by atoms with Crippen molar-refractivity contribution in [3.63, 3.8) is 0 Å². The molecule has 1 amide bonds. The monoisotopic (exact) mass is 325 g/mol. The van der Waals surface area contributed by atoms with E-state index in [9.17, 15) is 4.79 Å². The molecule has 5 nitrogen and oxygen atoms in total. The van der Waals surface area contributed by atoms with E-state index in [1.54, 1.807) is 19.4 Å². The van der Waals surface area contributed by atoms with Crippen molar-refractivity contribution >= 4 is 11.5 Å². The van der Waals surface area contributed by atoms with E-state index in [0.29, 0.717) is 6.04 Å². The van der Waals surface area contributed by atoms with Gasteiger partial charge in [0.05, 0.1) is 13.4 Å². The zero-order valence-electron chi connectivity index (χ0n) is 14.2. The molecule has 1 aromatic carbocycles. The molecule has 1 aromatic heterocycles. The van der Waals surface area contributed by atoms with Crippen molar-refractivity contribution in [1.29, 1.82) is 0 Å². The molecule has 5 heteroatoms. The molecule has 0 atom stereocenters. The maximum Gasteiger partial charge on any atom is 0.246 e. The first-order valence-electron chi connectivity index (χ1n) is 8.27. The number of rotatable bonds is 4. The van der Waals surface area contributed by atoms with E-state index in [2.05, 4.69) is 9.55 Å². The van der Waals surface area contributed by atoms with Gasteiger partial charge in [-0.15, -0.1) is 0 Å². The Morgan fingerprint density at radius 3 is 2.71 bits per heavy atom. The fraction of sp³-hybridized carbons (Fsp3) is 0.368. The van der Waals surface area contributed by atoms with Crippen molar-refractivity contribution in [2.24, 2.45) is 0 Å². The normalized spacial score (nSPS) is 16.2. The lowest BCUT2D eigenvalue weighted by atomic mass is 10.0. The number of hydrogen-bond acceptors (Lipinski definition) is 3. The highest BCUT2D eigenvalue weighted by atomic mass is 16.5. The summed E-state index contributed by atoms with van der Waals surface area (Å²) in [6.45, 7) is 3.50. The third kappa shape index (κ3) is 3.50. The summed E-state index contributed by atoms with van der Waals surface area (Å²) < 4.78 is 7.51. The summed E-state index contributed by atoms with van der Waals surface area (Å²) in [4.78, 5) is 18.6. The van der Waals surface area contributed by atoms with Gasteiger partial charge in [0.25, 0.3) is 0 Å². The Morgan fingerprint density at radius 2 is 2.04 bits per heavy atom. The number of nitrogens with zero attached hydrogens (tertiary/aromatic N) is 3. The van der Waals surface area contributed by atoms with E-state index in [-0.39, 0.29) is 5.91 Å². The summed E-state index contributed by atoms with van der Waals surface area (Å²) in [5.74, 6) is 0.861. The molecule has 1 aliphatic rings. The smallest absolute Gasteiger partial charge is 0.246 e. The SMILES string of the molecule is COc1ccccc1C(C)=CC(=O)N1CCC(n2ccnc2)CC1. The van der Waals surface area contributed by atoms with Crippen LogP contribution in [-0.4, -0.2) is 40.6 Å². The second-order valence-corrected chi connectivity index (χ2v) is 6.09. The van der Waals surface area contributed by atoms with E-state index < -0.39 is 0 Å². The summed E-state index contributed by atoms with van der Waals surface area (Å²) in [6, 6.07) is 8.21. The van der Waals surface area contributed by atoms with E-state index in [4.69, 9.17) is 4.74 Å². The average Bonchev–Trinajstić information content (AvgIpc) is 3.16. The first kappa shape index (κ1) is 16.3. The summed E-state index contributed by atoms with van der Waals surface area (Å²) in [6.07, 6.45) is 9.29. The Balaban J connectivity index is 1.65. The number of amides is 1. The maximum absolute atomic E-state index is 12.6. The molecule has 1 aliphatic heterocycles. The average molecular weight is 325 g/mol. The van der Waals surface area contributed by atoms with Gasteiger partial charge >= 0.3 is 0 Å². The lowest BCUT2D eigenvalue weighted by Crippen LogP contribution is -2.38. The van der Waals surface area contributed by atoms with Crippen LogP contribution >= 0.6 is 0 Å². The van der Waals surface area contributed by atoms with Crippen molar-refractivity contribution in [2.75, 3.05) is 20.2 Å². The zero-order valence-corrected chi connectivity index (χ0v) is 14.2. The lowest BCUT2D eigenvalue weighted by molar-refractivity contribution is -0.127. The summed E-state index contributed by atoms with van der Waals surface area (Å²) >= 11 is 0. The number of carbonyl (C=O) groups excluding carboxylic acids is 1. The van der Waals surface area contributed by atoms with Gasteiger partial charge in [-0.3, -0.25) is 4.79 Å². The van der Waals surface area contributed by atoms with Crippen LogP contribution in [0.3, 0.4) is 0 Å². The molecule has 2 aromatic rings. The third-order valence-electron chi connectivity index (χ3n) is 4.59. The van der Waals surface area contributed by atoms with Gasteiger partial charge in [0, 0.05) is 43.2 Å². The Kier molecular flexibility index (Phi) is 4.99. The number of benzene rings is 1. The van der Waals surface area contributed by atoms with Crippen molar-refractivity contribution in [2.45, 2.75) is 25.8 Å². The van der Waals surface area contributed by atoms with Crippen molar-refractivity contribution in [3.05, 3.63) is 54.6 Å². The molecule has 1 saturated heterocycles. The molecule has 126 valence electrons. The number of imidazole rings is 1. The number of carbonyl (C=O) groups is 1. The summed E-state index contributed by atoms with van der Waals surface area (Å²) in [5, 5.41) is 0. The van der Waals surface area contributed by atoms with Crippen molar-refractivity contribution in [3.8, 4) is 5.75 Å². The minimum absolute atomic E-state index is 0.0717. The Hall–Kier alpha value is -2.56. The molecule has 0 radical (unpaired) electrons. The Labute approximate surface area is 142 Å². The minimum Gasteiger partial charge on any atom is -0.496 e. The van der Waals surface area contributed by atoms with Crippen LogP contribution in [0.5, 0.6) is 5.75 Å². The number of para-hydroxylation sites is 1. The predicted molar refractivity (Wildman–Crippen MR) is 93.7 cm³/mol. The Morgan fingerprint density at radius 1 is 1.29 bits per heavy atom. The standard InChI is InChI=1S/C19H23N3O2/c1-15(17-5-3-4-6-18(17)24-2)13-19(23)21-10-7-16(8-11-21)22-12-9-20-14-22/h3-6,9,12-14,16H,7-8,10-11H2,1-2H3. The van der Waals surface area contributed by atoms with Gasteiger partial charge in [0.1, 0.15) is 5.75 Å². The summed E-state index contributed by atoms with van der Waals surface area (Å²) in [7, 11) is 1.65. The van der Waals surface area contributed by atoms with Crippen LogP contribution in [0.15, 0.2) is 49.1 Å². The highest BCUT2D eigenvalue weighted by molar-refractivity contribution is 5.95. The van der Waals surface area contributed by atoms with Crippen LogP contribution in [0.1, 0.15) is 31.4 Å². The molecule has 0 saturated carbocycles. The lowest BCUT2D eigenvalue weighted by Gasteiger charge is -2.32. The van der Waals surface area contributed by atoms with E-state index >= 15 is 0 Å². The van der Waals surface area contributed by atoms with Crippen molar-refractivity contribution in [1.82, 2.24) is 14.5 Å². The number of aromatic nitrogens is 2. The van der Waals surface area contributed by atoms with Crippen LogP contribution in [0.4, 0.5) is 0 Å². The molecule has 3 rings (SSSR count).